The lowest BCUT2D eigenvalue weighted by Gasteiger charge is -1.99. The molecule has 0 bridgehead atoms. The highest BCUT2D eigenvalue weighted by atomic mass is 19.1. The second-order valence-corrected chi connectivity index (χ2v) is 4.27. The molecule has 0 spiro atoms. The van der Waals surface area contributed by atoms with Crippen molar-refractivity contribution in [3.05, 3.63) is 59.9 Å². The third kappa shape index (κ3) is 1.97. The van der Waals surface area contributed by atoms with Crippen molar-refractivity contribution in [1.29, 1.82) is 0 Å². The van der Waals surface area contributed by atoms with Gasteiger partial charge in [0.25, 0.3) is 0 Å². The second kappa shape index (κ2) is 4.24. The van der Waals surface area contributed by atoms with Crippen LogP contribution in [0.25, 0.3) is 22.2 Å². The summed E-state index contributed by atoms with van der Waals surface area (Å²) in [4.78, 5) is 13.9. The molecule has 4 heteroatoms. The molecule has 3 nitrogen and oxygen atoms in total. The Bertz CT molecular complexity index is 777. The van der Waals surface area contributed by atoms with Crippen molar-refractivity contribution >= 4 is 16.9 Å². The lowest BCUT2D eigenvalue weighted by atomic mass is 10.1. The third-order valence-corrected chi connectivity index (χ3v) is 3.03. The Morgan fingerprint density at radius 3 is 2.63 bits per heavy atom. The van der Waals surface area contributed by atoms with Crippen LogP contribution in [0, 0.1) is 5.82 Å². The molecule has 0 aliphatic carbocycles. The maximum atomic E-state index is 13.6. The number of carboxylic acids is 1. The molecule has 0 aliphatic rings. The van der Waals surface area contributed by atoms with Crippen molar-refractivity contribution in [2.24, 2.45) is 0 Å². The molecule has 0 aliphatic heterocycles. The lowest BCUT2D eigenvalue weighted by molar-refractivity contribution is 0.0697. The number of benzene rings is 2. The van der Waals surface area contributed by atoms with E-state index in [0.29, 0.717) is 11.2 Å². The first-order chi connectivity index (χ1) is 9.15. The van der Waals surface area contributed by atoms with Crippen molar-refractivity contribution in [2.75, 3.05) is 0 Å². The van der Waals surface area contributed by atoms with Gasteiger partial charge in [0.2, 0.25) is 0 Å². The van der Waals surface area contributed by atoms with Crippen LogP contribution < -0.4 is 0 Å². The summed E-state index contributed by atoms with van der Waals surface area (Å²) >= 11 is 0. The molecule has 2 aromatic carbocycles. The second-order valence-electron chi connectivity index (χ2n) is 4.27. The predicted molar refractivity (Wildman–Crippen MR) is 70.7 cm³/mol. The Kier molecular flexibility index (Phi) is 2.56. The molecular weight excluding hydrogens is 245 g/mol. The lowest BCUT2D eigenvalue weighted by Crippen LogP contribution is -1.95. The van der Waals surface area contributed by atoms with Crippen molar-refractivity contribution < 1.29 is 14.3 Å². The molecule has 94 valence electrons. The molecule has 19 heavy (non-hydrogen) atoms. The number of hydrogen-bond donors (Lipinski definition) is 2. The van der Waals surface area contributed by atoms with Gasteiger partial charge in [-0.3, -0.25) is 0 Å². The van der Waals surface area contributed by atoms with E-state index >= 15 is 0 Å². The Hall–Kier alpha value is -2.62. The fraction of sp³-hybridized carbons (Fsp3) is 0. The van der Waals surface area contributed by atoms with E-state index in [2.05, 4.69) is 4.98 Å². The quantitative estimate of drug-likeness (QED) is 0.734. The number of aromatic carboxylic acids is 1. The van der Waals surface area contributed by atoms with Crippen LogP contribution in [0.4, 0.5) is 4.39 Å². The van der Waals surface area contributed by atoms with Gasteiger partial charge in [0, 0.05) is 11.1 Å². The molecular formula is C15H10FNO2. The van der Waals surface area contributed by atoms with Gasteiger partial charge in [0.15, 0.2) is 0 Å². The molecule has 0 radical (unpaired) electrons. The molecule has 0 atom stereocenters. The van der Waals surface area contributed by atoms with Crippen LogP contribution >= 0.6 is 0 Å². The first-order valence-electron chi connectivity index (χ1n) is 5.76. The smallest absolute Gasteiger partial charge is 0.335 e. The summed E-state index contributed by atoms with van der Waals surface area (Å²) < 4.78 is 13.6. The van der Waals surface area contributed by atoms with Crippen LogP contribution in [0.5, 0.6) is 0 Å². The SMILES string of the molecule is O=C(O)c1cccc(-c2cc3cccc(F)c3[nH]2)c1. The van der Waals surface area contributed by atoms with Crippen molar-refractivity contribution in [3.8, 4) is 11.3 Å². The Balaban J connectivity index is 2.16. The zero-order valence-electron chi connectivity index (χ0n) is 9.85. The van der Waals surface area contributed by atoms with Gasteiger partial charge >= 0.3 is 5.97 Å². The minimum atomic E-state index is -0.982. The van der Waals surface area contributed by atoms with E-state index in [1.54, 1.807) is 36.4 Å². The number of carbonyl (C=O) groups is 1. The van der Waals surface area contributed by atoms with Gasteiger partial charge in [-0.15, -0.1) is 0 Å². The van der Waals surface area contributed by atoms with Crippen LogP contribution in [-0.4, -0.2) is 16.1 Å². The maximum absolute atomic E-state index is 13.6. The molecule has 1 heterocycles. The first kappa shape index (κ1) is 11.5. The van der Waals surface area contributed by atoms with Crippen LogP contribution in [0.2, 0.25) is 0 Å². The van der Waals surface area contributed by atoms with E-state index in [4.69, 9.17) is 5.11 Å². The summed E-state index contributed by atoms with van der Waals surface area (Å²) in [5.41, 5.74) is 2.05. The van der Waals surface area contributed by atoms with E-state index in [-0.39, 0.29) is 11.4 Å². The minimum Gasteiger partial charge on any atom is -0.478 e. The Labute approximate surface area is 108 Å². The van der Waals surface area contributed by atoms with Crippen LogP contribution in [-0.2, 0) is 0 Å². The number of aromatic nitrogens is 1. The summed E-state index contributed by atoms with van der Waals surface area (Å²) in [6, 6.07) is 13.2. The zero-order valence-corrected chi connectivity index (χ0v) is 9.85. The average Bonchev–Trinajstić information content (AvgIpc) is 2.84. The van der Waals surface area contributed by atoms with Crippen LogP contribution in [0.1, 0.15) is 10.4 Å². The summed E-state index contributed by atoms with van der Waals surface area (Å²) in [7, 11) is 0. The predicted octanol–water partition coefficient (Wildman–Crippen LogP) is 3.67. The number of carboxylic acid groups (broad SMARTS) is 1. The number of aromatic amines is 1. The fourth-order valence-electron chi connectivity index (χ4n) is 2.09. The number of hydrogen-bond acceptors (Lipinski definition) is 1. The van der Waals surface area contributed by atoms with Gasteiger partial charge in [-0.2, -0.15) is 0 Å². The maximum Gasteiger partial charge on any atom is 0.335 e. The van der Waals surface area contributed by atoms with E-state index in [9.17, 15) is 9.18 Å². The number of nitrogens with one attached hydrogen (secondary N) is 1. The minimum absolute atomic E-state index is 0.205. The van der Waals surface area contributed by atoms with Gasteiger partial charge < -0.3 is 10.1 Å². The standard InChI is InChI=1S/C15H10FNO2/c16-12-6-2-4-10-8-13(17-14(10)12)9-3-1-5-11(7-9)15(18)19/h1-8,17H,(H,18,19). The van der Waals surface area contributed by atoms with Crippen molar-refractivity contribution in [2.45, 2.75) is 0 Å². The highest BCUT2D eigenvalue weighted by Gasteiger charge is 2.09. The van der Waals surface area contributed by atoms with E-state index in [0.717, 1.165) is 10.9 Å². The zero-order chi connectivity index (χ0) is 13.4. The van der Waals surface area contributed by atoms with Gasteiger partial charge in [-0.05, 0) is 29.8 Å². The third-order valence-electron chi connectivity index (χ3n) is 3.03. The monoisotopic (exact) mass is 255 g/mol. The largest absolute Gasteiger partial charge is 0.478 e. The number of H-pyrrole nitrogens is 1. The number of fused-ring (bicyclic) bond motifs is 1. The van der Waals surface area contributed by atoms with Crippen molar-refractivity contribution in [1.82, 2.24) is 4.98 Å². The molecule has 1 aromatic heterocycles. The first-order valence-corrected chi connectivity index (χ1v) is 5.76. The number of rotatable bonds is 2. The average molecular weight is 255 g/mol. The summed E-state index contributed by atoms with van der Waals surface area (Å²) in [5.74, 6) is -1.30. The van der Waals surface area contributed by atoms with E-state index in [1.807, 2.05) is 0 Å². The van der Waals surface area contributed by atoms with Gasteiger partial charge in [-0.25, -0.2) is 9.18 Å². The molecule has 0 unspecified atom stereocenters. The summed E-state index contributed by atoms with van der Waals surface area (Å²) in [6.07, 6.45) is 0. The molecule has 2 N–H and O–H groups in total. The molecule has 3 aromatic rings. The highest BCUT2D eigenvalue weighted by molar-refractivity contribution is 5.91. The van der Waals surface area contributed by atoms with Gasteiger partial charge in [-0.1, -0.05) is 24.3 Å². The van der Waals surface area contributed by atoms with E-state index < -0.39 is 5.97 Å². The molecule has 0 amide bonds. The molecule has 0 fully saturated rings. The molecule has 0 saturated carbocycles. The van der Waals surface area contributed by atoms with Crippen LogP contribution in [0.3, 0.4) is 0 Å². The van der Waals surface area contributed by atoms with Crippen LogP contribution in [0.15, 0.2) is 48.5 Å². The fourth-order valence-corrected chi connectivity index (χ4v) is 2.09. The van der Waals surface area contributed by atoms with Crippen molar-refractivity contribution in [3.63, 3.8) is 0 Å². The number of halogens is 1. The van der Waals surface area contributed by atoms with E-state index in [1.165, 1.54) is 12.1 Å². The Morgan fingerprint density at radius 1 is 1.11 bits per heavy atom. The summed E-state index contributed by atoms with van der Waals surface area (Å²) in [6.45, 7) is 0. The normalized spacial score (nSPS) is 10.8. The van der Waals surface area contributed by atoms with Gasteiger partial charge in [0.1, 0.15) is 5.82 Å². The molecule has 0 saturated heterocycles. The Morgan fingerprint density at radius 2 is 1.89 bits per heavy atom. The topological polar surface area (TPSA) is 53.1 Å². The molecule has 3 rings (SSSR count). The summed E-state index contributed by atoms with van der Waals surface area (Å²) in [5, 5.41) is 9.73. The number of para-hydroxylation sites is 1. The van der Waals surface area contributed by atoms with Gasteiger partial charge in [0.05, 0.1) is 11.1 Å². The highest BCUT2D eigenvalue weighted by Crippen LogP contribution is 2.26.